The zero-order chi connectivity index (χ0) is 54.4. The van der Waals surface area contributed by atoms with Crippen molar-refractivity contribution in [3.05, 3.63) is 90.1 Å². The normalized spacial score (nSPS) is 21.3. The number of nitrogens with one attached hydrogen (secondary N) is 9. The predicted octanol–water partition coefficient (Wildman–Crippen LogP) is -0.906. The third-order valence-electron chi connectivity index (χ3n) is 12.8. The summed E-state index contributed by atoms with van der Waals surface area (Å²) in [4.78, 5) is 141. The lowest BCUT2D eigenvalue weighted by Crippen LogP contribution is -2.61. The second-order valence-corrected chi connectivity index (χ2v) is 18.6. The highest BCUT2D eigenvalue weighted by Gasteiger charge is 2.38. The molecular formula is C51H71N15O9. The first-order valence-electron chi connectivity index (χ1n) is 25.2. The van der Waals surface area contributed by atoms with Crippen LogP contribution >= 0.6 is 0 Å². The molecule has 1 saturated heterocycles. The van der Waals surface area contributed by atoms with Gasteiger partial charge in [-0.15, -0.1) is 0 Å². The number of benzene rings is 2. The van der Waals surface area contributed by atoms with Gasteiger partial charge in [0.2, 0.25) is 53.2 Å². The van der Waals surface area contributed by atoms with Crippen molar-refractivity contribution in [2.75, 3.05) is 20.1 Å². The predicted molar refractivity (Wildman–Crippen MR) is 278 cm³/mol. The number of aromatic amines is 2. The van der Waals surface area contributed by atoms with Crippen LogP contribution in [0.5, 0.6) is 0 Å². The Balaban J connectivity index is 1.58. The number of aliphatic imine (C=N–C) groups is 1. The van der Waals surface area contributed by atoms with Crippen LogP contribution in [0.25, 0.3) is 10.9 Å². The molecule has 3 heterocycles. The number of rotatable bonds is 17. The number of amides is 9. The van der Waals surface area contributed by atoms with Crippen molar-refractivity contribution in [2.24, 2.45) is 22.2 Å². The van der Waals surface area contributed by atoms with E-state index < -0.39 is 102 Å². The number of nitrogens with two attached hydrogens (primary N) is 3. The molecule has 2 aromatic carbocycles. The van der Waals surface area contributed by atoms with Crippen molar-refractivity contribution >= 4 is 70.0 Å². The fourth-order valence-corrected chi connectivity index (χ4v) is 8.69. The van der Waals surface area contributed by atoms with Crippen LogP contribution in [0.3, 0.4) is 0 Å². The summed E-state index contributed by atoms with van der Waals surface area (Å²) in [6.07, 6.45) is 5.81. The second kappa shape index (κ2) is 28.8. The van der Waals surface area contributed by atoms with Gasteiger partial charge in [0, 0.05) is 75.3 Å². The Kier molecular flexibility index (Phi) is 22.1. The quantitative estimate of drug-likeness (QED) is 0.0348. The van der Waals surface area contributed by atoms with E-state index in [9.17, 15) is 43.2 Å². The van der Waals surface area contributed by atoms with Crippen LogP contribution in [-0.4, -0.2) is 141 Å². The van der Waals surface area contributed by atoms with Gasteiger partial charge in [0.05, 0.1) is 12.7 Å². The zero-order valence-corrected chi connectivity index (χ0v) is 42.6. The molecule has 0 spiro atoms. The second-order valence-electron chi connectivity index (χ2n) is 18.6. The molecule has 0 aliphatic carbocycles. The van der Waals surface area contributed by atoms with Crippen molar-refractivity contribution in [2.45, 2.75) is 133 Å². The molecule has 1 aliphatic rings. The summed E-state index contributed by atoms with van der Waals surface area (Å²) in [5.41, 5.74) is 19.5. The van der Waals surface area contributed by atoms with Crippen LogP contribution < -0.4 is 54.4 Å². The maximum Gasteiger partial charge on any atom is 0.246 e. The first kappa shape index (κ1) is 57.6. The van der Waals surface area contributed by atoms with E-state index in [0.717, 1.165) is 15.8 Å². The van der Waals surface area contributed by atoms with Crippen molar-refractivity contribution in [1.29, 1.82) is 0 Å². The van der Waals surface area contributed by atoms with Gasteiger partial charge in [0.1, 0.15) is 42.3 Å². The molecule has 1 fully saturated rings. The molecule has 2 aromatic heterocycles. The summed E-state index contributed by atoms with van der Waals surface area (Å²) in [5, 5.41) is 19.9. The molecule has 7 atom stereocenters. The van der Waals surface area contributed by atoms with E-state index in [2.05, 4.69) is 57.2 Å². The van der Waals surface area contributed by atoms with Gasteiger partial charge in [-0.2, -0.15) is 0 Å². The number of likely N-dealkylation sites (N-methyl/N-ethyl adjacent to an activating group) is 1. The SMILES string of the molecule is CCCC[C@H](NC(C)=O)C(=O)N[C@H]1CC(=O)NCCCC[C@@H](C(N)=O)NC(=O)[C@H](Cc2c[nH]c3ccccc23)NC(=O)[C@H](CCCN=C(N)N)NC(=O)[C@@H](Cc2ccccc2)NC(=O)[C@H](Cc2cnc[nH]2)N(C)C1=O. The molecule has 15 N–H and O–H groups in total. The fraction of sp³-hybridized carbons (Fsp3) is 0.471. The molecule has 24 heteroatoms. The number of para-hydroxylation sites is 1. The Bertz CT molecular complexity index is 2620. The van der Waals surface area contributed by atoms with Gasteiger partial charge in [-0.25, -0.2) is 4.98 Å². The minimum atomic E-state index is -1.56. The van der Waals surface area contributed by atoms with Crippen molar-refractivity contribution in [1.82, 2.24) is 57.1 Å². The largest absolute Gasteiger partial charge is 0.370 e. The minimum absolute atomic E-state index is 0.0416. The zero-order valence-electron chi connectivity index (χ0n) is 42.6. The van der Waals surface area contributed by atoms with E-state index in [1.54, 1.807) is 36.5 Å². The molecule has 0 saturated carbocycles. The molecule has 1 aliphatic heterocycles. The summed E-state index contributed by atoms with van der Waals surface area (Å²) in [7, 11) is 1.32. The number of imidazole rings is 1. The Morgan fingerprint density at radius 2 is 1.49 bits per heavy atom. The van der Waals surface area contributed by atoms with Gasteiger partial charge < -0.3 is 69.3 Å². The summed E-state index contributed by atoms with van der Waals surface area (Å²) in [5.74, 6) is -6.93. The van der Waals surface area contributed by atoms with E-state index in [1.807, 2.05) is 31.2 Å². The summed E-state index contributed by atoms with van der Waals surface area (Å²) < 4.78 is 0. The number of aromatic nitrogens is 3. The molecule has 404 valence electrons. The molecule has 75 heavy (non-hydrogen) atoms. The summed E-state index contributed by atoms with van der Waals surface area (Å²) in [6, 6.07) is 6.78. The van der Waals surface area contributed by atoms with Gasteiger partial charge in [-0.05, 0) is 55.7 Å². The van der Waals surface area contributed by atoms with E-state index in [4.69, 9.17) is 17.2 Å². The monoisotopic (exact) mass is 1040 g/mol. The van der Waals surface area contributed by atoms with Crippen molar-refractivity contribution < 1.29 is 43.2 Å². The number of hydrogen-bond acceptors (Lipinski definition) is 11. The van der Waals surface area contributed by atoms with Gasteiger partial charge in [0.25, 0.3) is 0 Å². The van der Waals surface area contributed by atoms with Crippen LogP contribution in [0.15, 0.2) is 78.3 Å². The van der Waals surface area contributed by atoms with Gasteiger partial charge in [-0.3, -0.25) is 48.1 Å². The molecule has 24 nitrogen and oxygen atoms in total. The number of H-pyrrole nitrogens is 2. The summed E-state index contributed by atoms with van der Waals surface area (Å²) in [6.45, 7) is 3.27. The average molecular weight is 1040 g/mol. The lowest BCUT2D eigenvalue weighted by Gasteiger charge is -2.32. The highest BCUT2D eigenvalue weighted by Crippen LogP contribution is 2.20. The first-order valence-corrected chi connectivity index (χ1v) is 25.2. The smallest absolute Gasteiger partial charge is 0.246 e. The van der Waals surface area contributed by atoms with E-state index in [-0.39, 0.29) is 76.8 Å². The Labute approximate surface area is 434 Å². The number of carbonyl (C=O) groups is 9. The molecule has 9 amide bonds. The standard InChI is InChI=1S/C51H71N15O9/c1-4-5-17-37(60-30(2)67)45(70)65-41-26-43(68)56-21-12-11-19-36(44(52)69)61-48(73)40(24-32-27-58-35-18-10-9-16-34(32)35)63-46(71)38(20-13-22-57-51(53)54)62-47(72)39(23-31-14-7-6-8-15-31)64-49(74)42(66(3)50(41)75)25-33-28-55-29-59-33/h6-10,14-16,18,27-29,36-42,58H,4-5,11-13,17,19-26H2,1-3H3,(H2,52,69)(H,55,59)(H,56,68)(H,60,67)(H,61,73)(H,62,72)(H,63,71)(H,64,74)(H,65,70)(H4,53,54,57)/t36-,37-,38-,39+,40-,41-,42-/m0/s1. The number of nitrogens with zero attached hydrogens (tertiary/aromatic N) is 3. The van der Waals surface area contributed by atoms with Crippen molar-refractivity contribution in [3.63, 3.8) is 0 Å². The summed E-state index contributed by atoms with van der Waals surface area (Å²) >= 11 is 0. The third-order valence-corrected chi connectivity index (χ3v) is 12.8. The Hall–Kier alpha value is -8.31. The number of unbranched alkanes of at least 4 members (excludes halogenated alkanes) is 1. The van der Waals surface area contributed by atoms with Crippen molar-refractivity contribution in [3.8, 4) is 0 Å². The van der Waals surface area contributed by atoms with Crippen LogP contribution in [0.1, 0.15) is 88.5 Å². The molecule has 5 rings (SSSR count). The number of guanidine groups is 1. The highest BCUT2D eigenvalue weighted by atomic mass is 16.2. The molecule has 0 unspecified atom stereocenters. The highest BCUT2D eigenvalue weighted by molar-refractivity contribution is 5.99. The fourth-order valence-electron chi connectivity index (χ4n) is 8.69. The maximum absolute atomic E-state index is 14.9. The first-order chi connectivity index (χ1) is 35.9. The van der Waals surface area contributed by atoms with Crippen LogP contribution in [0.4, 0.5) is 0 Å². The van der Waals surface area contributed by atoms with Gasteiger partial charge in [-0.1, -0.05) is 68.3 Å². The Morgan fingerprint density at radius 1 is 0.813 bits per heavy atom. The van der Waals surface area contributed by atoms with Crippen LogP contribution in [0.2, 0.25) is 0 Å². The number of carbonyl (C=O) groups excluding carboxylic acids is 9. The van der Waals surface area contributed by atoms with E-state index >= 15 is 0 Å². The van der Waals surface area contributed by atoms with E-state index in [1.165, 1.54) is 26.5 Å². The van der Waals surface area contributed by atoms with Crippen LogP contribution in [0, 0.1) is 0 Å². The molecule has 0 bridgehead atoms. The van der Waals surface area contributed by atoms with Gasteiger partial charge in [0.15, 0.2) is 5.96 Å². The minimum Gasteiger partial charge on any atom is -0.370 e. The van der Waals surface area contributed by atoms with Crippen LogP contribution in [-0.2, 0) is 62.4 Å². The lowest BCUT2D eigenvalue weighted by atomic mass is 10.0. The van der Waals surface area contributed by atoms with Gasteiger partial charge >= 0.3 is 0 Å². The maximum atomic E-state index is 14.9. The topological polar surface area (TPSA) is 376 Å². The van der Waals surface area contributed by atoms with E-state index in [0.29, 0.717) is 29.7 Å². The molecular weight excluding hydrogens is 967 g/mol. The third kappa shape index (κ3) is 18.0. The number of primary amides is 1. The average Bonchev–Trinajstić information content (AvgIpc) is 4.06. The number of fused-ring (bicyclic) bond motifs is 1. The lowest BCUT2D eigenvalue weighted by molar-refractivity contribution is -0.144. The molecule has 0 radical (unpaired) electrons. The molecule has 4 aromatic rings. The number of hydrogen-bond donors (Lipinski definition) is 12. The Morgan fingerprint density at radius 3 is 2.19 bits per heavy atom.